The molecule has 0 radical (unpaired) electrons. The molecule has 0 aliphatic rings. The molecular formula is C11H14O5. The molecule has 1 aromatic heterocycles. The van der Waals surface area contributed by atoms with Crippen LogP contribution in [-0.2, 0) is 20.7 Å². The molecule has 1 rings (SSSR count). The standard InChI is InChI=1S/C11H14O5/c1-3-15-10(14)11(2,9(12)13)7-8-5-4-6-16-8/h4-6H,3,7H2,1-2H3,(H,12,13). The van der Waals surface area contributed by atoms with Gasteiger partial charge in [0, 0.05) is 6.42 Å². The van der Waals surface area contributed by atoms with Crippen molar-refractivity contribution in [1.29, 1.82) is 0 Å². The van der Waals surface area contributed by atoms with E-state index in [1.54, 1.807) is 19.1 Å². The smallest absolute Gasteiger partial charge is 0.323 e. The Morgan fingerprint density at radius 1 is 1.56 bits per heavy atom. The Bertz CT molecular complexity index is 368. The van der Waals surface area contributed by atoms with E-state index < -0.39 is 17.4 Å². The molecule has 1 aromatic rings. The van der Waals surface area contributed by atoms with Crippen molar-refractivity contribution in [2.45, 2.75) is 20.3 Å². The average Bonchev–Trinajstić information content (AvgIpc) is 2.70. The minimum Gasteiger partial charge on any atom is -0.480 e. The molecule has 16 heavy (non-hydrogen) atoms. The first-order chi connectivity index (χ1) is 7.50. The highest BCUT2D eigenvalue weighted by molar-refractivity contribution is 5.98. The summed E-state index contributed by atoms with van der Waals surface area (Å²) < 4.78 is 9.79. The topological polar surface area (TPSA) is 76.7 Å². The zero-order chi connectivity index (χ0) is 12.2. The van der Waals surface area contributed by atoms with Crippen LogP contribution in [-0.4, -0.2) is 23.7 Å². The maximum Gasteiger partial charge on any atom is 0.323 e. The Labute approximate surface area is 93.0 Å². The predicted molar refractivity (Wildman–Crippen MR) is 54.8 cm³/mol. The second-order valence-electron chi connectivity index (χ2n) is 3.61. The molecule has 88 valence electrons. The molecule has 0 saturated carbocycles. The van der Waals surface area contributed by atoms with Crippen molar-refractivity contribution in [3.8, 4) is 0 Å². The third-order valence-electron chi connectivity index (χ3n) is 2.31. The van der Waals surface area contributed by atoms with Crippen molar-refractivity contribution in [3.05, 3.63) is 24.2 Å². The van der Waals surface area contributed by atoms with Crippen LogP contribution in [0.25, 0.3) is 0 Å². The molecule has 0 saturated heterocycles. The Morgan fingerprint density at radius 2 is 2.25 bits per heavy atom. The van der Waals surface area contributed by atoms with Gasteiger partial charge in [0.25, 0.3) is 0 Å². The van der Waals surface area contributed by atoms with Crippen LogP contribution in [0.5, 0.6) is 0 Å². The van der Waals surface area contributed by atoms with Crippen LogP contribution in [0.15, 0.2) is 22.8 Å². The van der Waals surface area contributed by atoms with Crippen LogP contribution in [0, 0.1) is 5.41 Å². The van der Waals surface area contributed by atoms with E-state index in [0.29, 0.717) is 5.76 Å². The fourth-order valence-electron chi connectivity index (χ4n) is 1.29. The van der Waals surface area contributed by atoms with Crippen LogP contribution in [0.3, 0.4) is 0 Å². The van der Waals surface area contributed by atoms with E-state index >= 15 is 0 Å². The summed E-state index contributed by atoms with van der Waals surface area (Å²) in [5, 5.41) is 9.09. The van der Waals surface area contributed by atoms with Crippen LogP contribution >= 0.6 is 0 Å². The van der Waals surface area contributed by atoms with Gasteiger partial charge in [-0.3, -0.25) is 9.59 Å². The minimum absolute atomic E-state index is 0.0197. The van der Waals surface area contributed by atoms with Crippen LogP contribution in [0.1, 0.15) is 19.6 Å². The summed E-state index contributed by atoms with van der Waals surface area (Å²) in [6, 6.07) is 3.27. The van der Waals surface area contributed by atoms with Crippen molar-refractivity contribution < 1.29 is 23.8 Å². The van der Waals surface area contributed by atoms with Crippen LogP contribution in [0.2, 0.25) is 0 Å². The molecule has 0 fully saturated rings. The third-order valence-corrected chi connectivity index (χ3v) is 2.31. The first-order valence-corrected chi connectivity index (χ1v) is 4.93. The number of carbonyl (C=O) groups excluding carboxylic acids is 1. The van der Waals surface area contributed by atoms with Gasteiger partial charge in [-0.25, -0.2) is 0 Å². The number of ether oxygens (including phenoxy) is 1. The molecule has 1 N–H and O–H groups in total. The molecule has 0 bridgehead atoms. The van der Waals surface area contributed by atoms with Gasteiger partial charge in [0.2, 0.25) is 0 Å². The fourth-order valence-corrected chi connectivity index (χ4v) is 1.29. The van der Waals surface area contributed by atoms with Gasteiger partial charge >= 0.3 is 11.9 Å². The van der Waals surface area contributed by atoms with Gasteiger partial charge < -0.3 is 14.3 Å². The summed E-state index contributed by atoms with van der Waals surface area (Å²) in [7, 11) is 0. The normalized spacial score (nSPS) is 14.1. The largest absolute Gasteiger partial charge is 0.480 e. The van der Waals surface area contributed by atoms with E-state index in [9.17, 15) is 9.59 Å². The number of carboxylic acids is 1. The monoisotopic (exact) mass is 226 g/mol. The lowest BCUT2D eigenvalue weighted by atomic mass is 9.86. The molecule has 0 amide bonds. The average molecular weight is 226 g/mol. The molecule has 0 spiro atoms. The molecule has 1 unspecified atom stereocenters. The van der Waals surface area contributed by atoms with Crippen LogP contribution < -0.4 is 0 Å². The molecular weight excluding hydrogens is 212 g/mol. The SMILES string of the molecule is CCOC(=O)C(C)(Cc1ccco1)C(=O)O. The highest BCUT2D eigenvalue weighted by Crippen LogP contribution is 2.25. The first-order valence-electron chi connectivity index (χ1n) is 4.93. The van der Waals surface area contributed by atoms with Gasteiger partial charge in [0.05, 0.1) is 12.9 Å². The van der Waals surface area contributed by atoms with Crippen molar-refractivity contribution in [1.82, 2.24) is 0 Å². The van der Waals surface area contributed by atoms with Crippen LogP contribution in [0.4, 0.5) is 0 Å². The highest BCUT2D eigenvalue weighted by Gasteiger charge is 2.43. The van der Waals surface area contributed by atoms with E-state index in [-0.39, 0.29) is 13.0 Å². The third kappa shape index (κ3) is 2.42. The van der Waals surface area contributed by atoms with E-state index in [1.165, 1.54) is 13.2 Å². The van der Waals surface area contributed by atoms with Gasteiger partial charge in [-0.1, -0.05) is 0 Å². The number of esters is 1. The van der Waals surface area contributed by atoms with Gasteiger partial charge in [-0.15, -0.1) is 0 Å². The lowest BCUT2D eigenvalue weighted by molar-refractivity contribution is -0.167. The number of furan rings is 1. The van der Waals surface area contributed by atoms with E-state index in [2.05, 4.69) is 0 Å². The highest BCUT2D eigenvalue weighted by atomic mass is 16.5. The Kier molecular flexibility index (Phi) is 3.71. The zero-order valence-electron chi connectivity index (χ0n) is 9.23. The molecule has 0 aromatic carbocycles. The van der Waals surface area contributed by atoms with Crippen molar-refractivity contribution in [2.24, 2.45) is 5.41 Å². The first kappa shape index (κ1) is 12.3. The predicted octanol–water partition coefficient (Wildman–Crippen LogP) is 1.48. The number of carbonyl (C=O) groups is 2. The maximum atomic E-state index is 11.6. The van der Waals surface area contributed by atoms with Gasteiger partial charge in [-0.05, 0) is 26.0 Å². The number of hydrogen-bond donors (Lipinski definition) is 1. The molecule has 0 aliphatic heterocycles. The summed E-state index contributed by atoms with van der Waals surface area (Å²) in [5.41, 5.74) is -1.60. The van der Waals surface area contributed by atoms with Gasteiger partial charge in [0.15, 0.2) is 5.41 Å². The lowest BCUT2D eigenvalue weighted by Gasteiger charge is -2.21. The summed E-state index contributed by atoms with van der Waals surface area (Å²) in [4.78, 5) is 22.7. The molecule has 5 nitrogen and oxygen atoms in total. The fraction of sp³-hybridized carbons (Fsp3) is 0.455. The zero-order valence-corrected chi connectivity index (χ0v) is 9.23. The molecule has 1 atom stereocenters. The number of rotatable bonds is 5. The minimum atomic E-state index is -1.60. The van der Waals surface area contributed by atoms with E-state index in [4.69, 9.17) is 14.3 Å². The second kappa shape index (κ2) is 4.83. The van der Waals surface area contributed by atoms with E-state index in [1.807, 2.05) is 0 Å². The number of carboxylic acid groups (broad SMARTS) is 1. The van der Waals surface area contributed by atoms with Crippen molar-refractivity contribution in [3.63, 3.8) is 0 Å². The van der Waals surface area contributed by atoms with Crippen molar-refractivity contribution in [2.75, 3.05) is 6.61 Å². The summed E-state index contributed by atoms with van der Waals surface area (Å²) >= 11 is 0. The Morgan fingerprint density at radius 3 is 2.69 bits per heavy atom. The Balaban J connectivity index is 2.88. The molecule has 0 aliphatic carbocycles. The van der Waals surface area contributed by atoms with Crippen molar-refractivity contribution >= 4 is 11.9 Å². The summed E-state index contributed by atoms with van der Waals surface area (Å²) in [5.74, 6) is -1.53. The quantitative estimate of drug-likeness (QED) is 0.607. The summed E-state index contributed by atoms with van der Waals surface area (Å²) in [6.07, 6.45) is 1.41. The molecule has 1 heterocycles. The summed E-state index contributed by atoms with van der Waals surface area (Å²) in [6.45, 7) is 3.11. The number of hydrogen-bond acceptors (Lipinski definition) is 4. The maximum absolute atomic E-state index is 11.6. The van der Waals surface area contributed by atoms with Gasteiger partial charge in [0.1, 0.15) is 5.76 Å². The van der Waals surface area contributed by atoms with E-state index in [0.717, 1.165) is 0 Å². The Hall–Kier alpha value is -1.78. The van der Waals surface area contributed by atoms with Gasteiger partial charge in [-0.2, -0.15) is 0 Å². The lowest BCUT2D eigenvalue weighted by Crippen LogP contribution is -2.39. The second-order valence-corrected chi connectivity index (χ2v) is 3.61. The molecule has 5 heteroatoms. The number of aliphatic carboxylic acids is 1.